The van der Waals surface area contributed by atoms with Gasteiger partial charge in [-0.15, -0.1) is 0 Å². The predicted octanol–water partition coefficient (Wildman–Crippen LogP) is 0.595. The van der Waals surface area contributed by atoms with Crippen molar-refractivity contribution in [1.29, 1.82) is 0 Å². The molecule has 0 saturated heterocycles. The molecule has 8 nitrogen and oxygen atoms in total. The molecule has 0 aromatic carbocycles. The molecule has 1 heterocycles. The van der Waals surface area contributed by atoms with E-state index in [-0.39, 0.29) is 11.9 Å². The molecule has 8 heteroatoms. The first kappa shape index (κ1) is 13.4. The van der Waals surface area contributed by atoms with Crippen LogP contribution >= 0.6 is 0 Å². The van der Waals surface area contributed by atoms with Crippen molar-refractivity contribution in [3.63, 3.8) is 0 Å². The molecule has 0 radical (unpaired) electrons. The van der Waals surface area contributed by atoms with E-state index >= 15 is 0 Å². The van der Waals surface area contributed by atoms with Crippen LogP contribution in [0, 0.1) is 0 Å². The fourth-order valence-electron chi connectivity index (χ4n) is 0.981. The zero-order valence-electron chi connectivity index (χ0n) is 10.3. The summed E-state index contributed by atoms with van der Waals surface area (Å²) in [6.45, 7) is 2.66. The van der Waals surface area contributed by atoms with Gasteiger partial charge in [-0.25, -0.2) is 10.5 Å². The second kappa shape index (κ2) is 6.81. The minimum atomic E-state index is 0.0977. The average Bonchev–Trinajstić information content (AvgIpc) is 2.33. The first-order valence-electron chi connectivity index (χ1n) is 5.34. The highest BCUT2D eigenvalue weighted by atomic mass is 16.7. The van der Waals surface area contributed by atoms with Gasteiger partial charge < -0.3 is 5.73 Å². The molecular weight excluding hydrogens is 224 g/mol. The largest absolute Gasteiger partial charge is 0.368 e. The highest BCUT2D eigenvalue weighted by Gasteiger charge is 2.08. The van der Waals surface area contributed by atoms with E-state index in [4.69, 9.17) is 15.4 Å². The third-order valence-electron chi connectivity index (χ3n) is 1.96. The maximum absolute atomic E-state index is 5.54. The molecule has 0 saturated carbocycles. The van der Waals surface area contributed by atoms with Crippen LogP contribution < -0.4 is 16.3 Å². The summed E-state index contributed by atoms with van der Waals surface area (Å²) in [5, 5.41) is 1.37. The Hall–Kier alpha value is -1.67. The number of rotatable bonds is 7. The number of hydrogen-bond donors (Lipinski definition) is 2. The van der Waals surface area contributed by atoms with E-state index in [0.717, 1.165) is 12.8 Å². The molecule has 0 unspecified atom stereocenters. The number of nitrogens with one attached hydrogen (secondary N) is 1. The van der Waals surface area contributed by atoms with Gasteiger partial charge in [0, 0.05) is 7.05 Å². The van der Waals surface area contributed by atoms with E-state index in [0.29, 0.717) is 12.6 Å². The van der Waals surface area contributed by atoms with Gasteiger partial charge in [-0.05, 0) is 6.42 Å². The molecule has 0 spiro atoms. The molecule has 0 fully saturated rings. The van der Waals surface area contributed by atoms with E-state index in [2.05, 4.69) is 27.4 Å². The van der Waals surface area contributed by atoms with Crippen LogP contribution in [-0.4, -0.2) is 35.7 Å². The minimum absolute atomic E-state index is 0.0977. The molecule has 1 aromatic rings. The Kier molecular flexibility index (Phi) is 5.37. The lowest BCUT2D eigenvalue weighted by atomic mass is 10.4. The molecule has 0 aliphatic rings. The SMILES string of the molecule is CCCCONc1nc(N)nc(N(C)OC)n1. The summed E-state index contributed by atoms with van der Waals surface area (Å²) in [6.07, 6.45) is 2.01. The van der Waals surface area contributed by atoms with Crippen molar-refractivity contribution in [2.24, 2.45) is 0 Å². The smallest absolute Gasteiger partial charge is 0.256 e. The first-order chi connectivity index (χ1) is 8.17. The zero-order chi connectivity index (χ0) is 12.7. The van der Waals surface area contributed by atoms with Crippen LogP contribution in [0.2, 0.25) is 0 Å². The number of unbranched alkanes of at least 4 members (excludes halogenated alkanes) is 1. The Bertz CT molecular complexity index is 348. The van der Waals surface area contributed by atoms with Crippen LogP contribution in [0.3, 0.4) is 0 Å². The Morgan fingerprint density at radius 2 is 2.12 bits per heavy atom. The van der Waals surface area contributed by atoms with Crippen molar-refractivity contribution >= 4 is 17.8 Å². The lowest BCUT2D eigenvalue weighted by molar-refractivity contribution is 0.177. The summed E-state index contributed by atoms with van der Waals surface area (Å²) < 4.78 is 0. The van der Waals surface area contributed by atoms with E-state index in [1.54, 1.807) is 7.05 Å². The third kappa shape index (κ3) is 4.37. The van der Waals surface area contributed by atoms with Crippen molar-refractivity contribution in [2.75, 3.05) is 37.0 Å². The van der Waals surface area contributed by atoms with Crippen molar-refractivity contribution in [3.05, 3.63) is 0 Å². The van der Waals surface area contributed by atoms with Gasteiger partial charge in [0.15, 0.2) is 0 Å². The van der Waals surface area contributed by atoms with Crippen molar-refractivity contribution < 1.29 is 9.68 Å². The molecule has 96 valence electrons. The Morgan fingerprint density at radius 3 is 2.76 bits per heavy atom. The summed E-state index contributed by atoms with van der Waals surface area (Å²) in [6, 6.07) is 0. The molecule has 1 aromatic heterocycles. The summed E-state index contributed by atoms with van der Waals surface area (Å²) in [5.74, 6) is 0.662. The van der Waals surface area contributed by atoms with Crippen molar-refractivity contribution in [1.82, 2.24) is 15.0 Å². The summed E-state index contributed by atoms with van der Waals surface area (Å²) >= 11 is 0. The highest BCUT2D eigenvalue weighted by Crippen LogP contribution is 2.10. The second-order valence-electron chi connectivity index (χ2n) is 3.30. The van der Waals surface area contributed by atoms with Gasteiger partial charge in [0.2, 0.25) is 5.95 Å². The zero-order valence-corrected chi connectivity index (χ0v) is 10.3. The number of nitrogens with zero attached hydrogens (tertiary/aromatic N) is 4. The van der Waals surface area contributed by atoms with Crippen LogP contribution in [0.15, 0.2) is 0 Å². The van der Waals surface area contributed by atoms with Gasteiger partial charge in [0.05, 0.1) is 13.7 Å². The molecule has 0 atom stereocenters. The molecule has 17 heavy (non-hydrogen) atoms. The Morgan fingerprint density at radius 1 is 1.35 bits per heavy atom. The molecule has 3 N–H and O–H groups in total. The number of nitrogen functional groups attached to an aromatic ring is 1. The van der Waals surface area contributed by atoms with Gasteiger partial charge in [-0.2, -0.15) is 15.0 Å². The highest BCUT2D eigenvalue weighted by molar-refractivity contribution is 5.38. The molecular formula is C9H18N6O2. The monoisotopic (exact) mass is 242 g/mol. The fraction of sp³-hybridized carbons (Fsp3) is 0.667. The van der Waals surface area contributed by atoms with Gasteiger partial charge in [0.25, 0.3) is 11.9 Å². The number of nitrogens with two attached hydrogens (primary N) is 1. The second-order valence-corrected chi connectivity index (χ2v) is 3.30. The van der Waals surface area contributed by atoms with Gasteiger partial charge >= 0.3 is 0 Å². The quantitative estimate of drug-likeness (QED) is 0.529. The van der Waals surface area contributed by atoms with E-state index in [1.165, 1.54) is 12.2 Å². The lowest BCUT2D eigenvalue weighted by Gasteiger charge is -2.14. The minimum Gasteiger partial charge on any atom is -0.368 e. The van der Waals surface area contributed by atoms with Crippen molar-refractivity contribution in [2.45, 2.75) is 19.8 Å². The number of anilines is 3. The Labute approximate surface area is 100 Å². The summed E-state index contributed by atoms with van der Waals surface area (Å²) in [4.78, 5) is 22.0. The van der Waals surface area contributed by atoms with Crippen molar-refractivity contribution in [3.8, 4) is 0 Å². The van der Waals surface area contributed by atoms with E-state index < -0.39 is 0 Å². The third-order valence-corrected chi connectivity index (χ3v) is 1.96. The van der Waals surface area contributed by atoms with Crippen LogP contribution in [0.25, 0.3) is 0 Å². The van der Waals surface area contributed by atoms with Crippen LogP contribution in [0.1, 0.15) is 19.8 Å². The average molecular weight is 242 g/mol. The maximum atomic E-state index is 5.54. The fourth-order valence-corrected chi connectivity index (χ4v) is 0.981. The number of hydrogen-bond acceptors (Lipinski definition) is 8. The molecule has 0 aliphatic carbocycles. The molecule has 0 bridgehead atoms. The van der Waals surface area contributed by atoms with E-state index in [9.17, 15) is 0 Å². The van der Waals surface area contributed by atoms with Gasteiger partial charge in [-0.3, -0.25) is 9.68 Å². The number of hydroxylamine groups is 1. The standard InChI is InChI=1S/C9H18N6O2/c1-4-5-6-17-14-8-11-7(10)12-9(13-8)15(2)16-3/h4-6H2,1-3H3,(H3,10,11,12,13,14). The van der Waals surface area contributed by atoms with E-state index in [1.807, 2.05) is 0 Å². The first-order valence-corrected chi connectivity index (χ1v) is 5.34. The van der Waals surface area contributed by atoms with Crippen LogP contribution in [0.5, 0.6) is 0 Å². The topological polar surface area (TPSA) is 98.4 Å². The summed E-state index contributed by atoms with van der Waals surface area (Å²) in [7, 11) is 3.17. The van der Waals surface area contributed by atoms with Crippen LogP contribution in [-0.2, 0) is 9.68 Å². The molecule has 1 rings (SSSR count). The van der Waals surface area contributed by atoms with Gasteiger partial charge in [-0.1, -0.05) is 13.3 Å². The predicted molar refractivity (Wildman–Crippen MR) is 64.1 cm³/mol. The normalized spacial score (nSPS) is 10.3. The number of aromatic nitrogens is 3. The molecule has 0 aliphatic heterocycles. The molecule has 0 amide bonds. The Balaban J connectivity index is 2.62. The lowest BCUT2D eigenvalue weighted by Crippen LogP contribution is -2.20. The maximum Gasteiger partial charge on any atom is 0.256 e. The van der Waals surface area contributed by atoms with Gasteiger partial charge in [0.1, 0.15) is 0 Å². The van der Waals surface area contributed by atoms with Crippen LogP contribution in [0.4, 0.5) is 17.8 Å². The summed E-state index contributed by atoms with van der Waals surface area (Å²) in [5.41, 5.74) is 8.16.